The molecule has 2 aliphatic heterocycles. The van der Waals surface area contributed by atoms with Crippen LogP contribution in [0.4, 0.5) is 4.39 Å². The minimum atomic E-state index is -4.12. The molecule has 14 nitrogen and oxygen atoms in total. The van der Waals surface area contributed by atoms with E-state index in [1.165, 1.54) is 0 Å². The molecule has 2 N–H and O–H groups in total. The van der Waals surface area contributed by atoms with Crippen LogP contribution in [-0.2, 0) is 68.0 Å². The third-order valence-electron chi connectivity index (χ3n) is 2.97. The molecule has 6 atom stereocenters. The molecule has 0 aromatic carbocycles. The Morgan fingerprint density at radius 2 is 2.00 bits per heavy atom. The molecule has 0 radical (unpaired) electrons. The maximum absolute atomic E-state index is 13.4. The third kappa shape index (κ3) is 8.30. The predicted molar refractivity (Wildman–Crippen MR) is 85.1 cm³/mol. The van der Waals surface area contributed by atoms with Gasteiger partial charge in [0, 0.05) is 0 Å². The first-order valence-corrected chi connectivity index (χ1v) is 10.8. The van der Waals surface area contributed by atoms with Crippen molar-refractivity contribution in [1.29, 1.82) is 0 Å². The highest BCUT2D eigenvalue weighted by Gasteiger charge is 2.38. The van der Waals surface area contributed by atoms with Crippen molar-refractivity contribution in [3.63, 3.8) is 0 Å². The van der Waals surface area contributed by atoms with Gasteiger partial charge in [-0.2, -0.15) is 16.8 Å². The van der Waals surface area contributed by atoms with Gasteiger partial charge in [-0.3, -0.25) is 12.9 Å². The zero-order valence-corrected chi connectivity index (χ0v) is 16.3. The summed E-state index contributed by atoms with van der Waals surface area (Å²) in [6.45, 7) is -2.46. The predicted octanol–water partition coefficient (Wildman–Crippen LogP) is -2.51. The van der Waals surface area contributed by atoms with E-state index in [4.69, 9.17) is 23.6 Å². The van der Waals surface area contributed by atoms with Gasteiger partial charge in [-0.1, -0.05) is 0 Å². The molecule has 19 heteroatoms. The zero-order valence-electron chi connectivity index (χ0n) is 13.8. The summed E-state index contributed by atoms with van der Waals surface area (Å²) in [5.41, 5.74) is 0. The summed E-state index contributed by atoms with van der Waals surface area (Å²) >= 11 is -4.97. The average Bonchev–Trinajstić information content (AvgIpc) is 3.12. The summed E-state index contributed by atoms with van der Waals surface area (Å²) in [7, 11) is -5.72. The van der Waals surface area contributed by atoms with Crippen molar-refractivity contribution in [3.8, 4) is 0 Å². The van der Waals surface area contributed by atoms with Crippen LogP contribution in [0.5, 0.6) is 0 Å². The Hall–Kier alpha value is -0.155. The van der Waals surface area contributed by atoms with E-state index in [0.29, 0.717) is 0 Å². The summed E-state index contributed by atoms with van der Waals surface area (Å²) in [5.74, 6) is 0. The lowest BCUT2D eigenvalue weighted by molar-refractivity contribution is -0.0167. The van der Waals surface area contributed by atoms with Gasteiger partial charge in [0.1, 0.15) is 12.2 Å². The number of aliphatic hydroxyl groups is 1. The van der Waals surface area contributed by atoms with E-state index in [9.17, 15) is 21.2 Å². The fourth-order valence-electron chi connectivity index (χ4n) is 1.78. The largest absolute Gasteiger partial charge is 0.639 e. The van der Waals surface area contributed by atoms with Gasteiger partial charge in [0.15, 0.2) is 6.10 Å². The summed E-state index contributed by atoms with van der Waals surface area (Å²) in [6, 6.07) is 0. The van der Waals surface area contributed by atoms with Crippen molar-refractivity contribution in [2.24, 2.45) is 0 Å². The molecular formula is C9H16BFO14S3. The second-order valence-corrected chi connectivity index (χ2v) is 7.77. The first-order chi connectivity index (χ1) is 13.2. The topological polar surface area (TPSA) is 183 Å². The molecule has 0 bridgehead atoms. The molecule has 0 aromatic rings. The molecule has 0 saturated carbocycles. The molecule has 0 aliphatic carbocycles. The number of hydrogen-bond acceptors (Lipinski definition) is 13. The molecule has 2 aliphatic rings. The van der Waals surface area contributed by atoms with Crippen LogP contribution in [0, 0.1) is 0 Å². The number of rotatable bonds is 12. The molecule has 2 heterocycles. The van der Waals surface area contributed by atoms with Crippen LogP contribution >= 0.6 is 0 Å². The smallest absolute Gasteiger partial charge is 0.394 e. The van der Waals surface area contributed by atoms with Gasteiger partial charge in [-0.05, 0) is 0 Å². The Labute approximate surface area is 164 Å². The molecule has 164 valence electrons. The van der Waals surface area contributed by atoms with Crippen LogP contribution in [0.1, 0.15) is 0 Å². The first kappa shape index (κ1) is 24.1. The average molecular weight is 474 g/mol. The van der Waals surface area contributed by atoms with Gasteiger partial charge in [0.25, 0.3) is 0 Å². The van der Waals surface area contributed by atoms with E-state index in [1.807, 2.05) is 0 Å². The van der Waals surface area contributed by atoms with Crippen LogP contribution in [0.25, 0.3) is 0 Å². The molecule has 2 saturated heterocycles. The van der Waals surface area contributed by atoms with Crippen LogP contribution in [-0.4, -0.2) is 91.5 Å². The summed E-state index contributed by atoms with van der Waals surface area (Å²) in [4.78, 5) is 0. The lowest BCUT2D eigenvalue weighted by Gasteiger charge is -2.19. The number of halogens is 1. The molecule has 0 spiro atoms. The normalized spacial score (nSPS) is 31.7. The molecule has 28 heavy (non-hydrogen) atoms. The standard InChI is InChI=1S/C9H16BFO14S3/c11-9-8(23-27(15)24-9)5-20-10(18-2-6(1-12)22-26(13)14)19-3-7-4-21-28(16,17)25-7/h6-9,12H,1-5H2,(H,13,14). The fraction of sp³-hybridized carbons (Fsp3) is 1.00. The maximum atomic E-state index is 13.4. The number of hydrogen-bond donors (Lipinski definition) is 2. The van der Waals surface area contributed by atoms with Crippen LogP contribution in [0.15, 0.2) is 0 Å². The number of aliphatic hydroxyl groups excluding tert-OH is 1. The molecule has 0 aromatic heterocycles. The fourth-order valence-corrected chi connectivity index (χ4v) is 3.61. The Kier molecular flexibility index (Phi) is 9.73. The van der Waals surface area contributed by atoms with Gasteiger partial charge >= 0.3 is 40.4 Å². The highest BCUT2D eigenvalue weighted by atomic mass is 32.3. The van der Waals surface area contributed by atoms with Crippen molar-refractivity contribution in [3.05, 3.63) is 0 Å². The summed E-state index contributed by atoms with van der Waals surface area (Å²) in [5, 5.41) is 9.06. The minimum absolute atomic E-state index is 0.327. The Bertz CT molecular complexity index is 650. The van der Waals surface area contributed by atoms with E-state index < -0.39 is 91.5 Å². The van der Waals surface area contributed by atoms with Crippen molar-refractivity contribution < 1.29 is 65.8 Å². The second kappa shape index (κ2) is 11.3. The summed E-state index contributed by atoms with van der Waals surface area (Å²) < 4.78 is 103. The Morgan fingerprint density at radius 3 is 2.54 bits per heavy atom. The quantitative estimate of drug-likeness (QED) is 0.223. The highest BCUT2D eigenvalue weighted by molar-refractivity contribution is 7.82. The lowest BCUT2D eigenvalue weighted by atomic mass is 10.2. The first-order valence-electron chi connectivity index (χ1n) is 7.40. The molecule has 2 rings (SSSR count). The van der Waals surface area contributed by atoms with Crippen molar-refractivity contribution >= 4 is 40.4 Å². The Morgan fingerprint density at radius 1 is 1.29 bits per heavy atom. The van der Waals surface area contributed by atoms with Gasteiger partial charge < -0.3 is 19.1 Å². The van der Waals surface area contributed by atoms with Crippen LogP contribution in [0.2, 0.25) is 0 Å². The SMILES string of the molecule is O=S(O)OC(CO)COB(OCC1COS(=O)(=O)O1)OCC1OS(=O)OC1F. The summed E-state index contributed by atoms with van der Waals surface area (Å²) in [6.07, 6.45) is -5.65. The monoisotopic (exact) mass is 474 g/mol. The molecule has 2 fully saturated rings. The van der Waals surface area contributed by atoms with Gasteiger partial charge in [0.05, 0.1) is 33.0 Å². The van der Waals surface area contributed by atoms with E-state index >= 15 is 0 Å². The van der Waals surface area contributed by atoms with Gasteiger partial charge in [0.2, 0.25) is 6.36 Å². The van der Waals surface area contributed by atoms with E-state index in [1.54, 1.807) is 0 Å². The van der Waals surface area contributed by atoms with Crippen LogP contribution < -0.4 is 0 Å². The number of alkyl halides is 1. The molecule has 6 unspecified atom stereocenters. The Balaban J connectivity index is 1.86. The van der Waals surface area contributed by atoms with Crippen molar-refractivity contribution in [2.75, 3.05) is 33.0 Å². The maximum Gasteiger partial charge on any atom is 0.639 e. The van der Waals surface area contributed by atoms with E-state index in [2.05, 4.69) is 20.9 Å². The van der Waals surface area contributed by atoms with Crippen LogP contribution in [0.3, 0.4) is 0 Å². The minimum Gasteiger partial charge on any atom is -0.394 e. The van der Waals surface area contributed by atoms with Gasteiger partial charge in [-0.15, -0.1) is 0 Å². The zero-order chi connectivity index (χ0) is 20.7. The second-order valence-electron chi connectivity index (χ2n) is 5.10. The molecule has 0 amide bonds. The molecular weight excluding hydrogens is 458 g/mol. The third-order valence-corrected chi connectivity index (χ3v) is 5.09. The highest BCUT2D eigenvalue weighted by Crippen LogP contribution is 2.19. The van der Waals surface area contributed by atoms with E-state index in [-0.39, 0.29) is 6.61 Å². The van der Waals surface area contributed by atoms with Gasteiger partial charge in [-0.25, -0.2) is 16.9 Å². The lowest BCUT2D eigenvalue weighted by Crippen LogP contribution is -2.38. The van der Waals surface area contributed by atoms with E-state index in [0.717, 1.165) is 0 Å². The van der Waals surface area contributed by atoms with Crippen molar-refractivity contribution in [2.45, 2.75) is 24.7 Å². The van der Waals surface area contributed by atoms with Crippen molar-refractivity contribution in [1.82, 2.24) is 0 Å².